The van der Waals surface area contributed by atoms with Gasteiger partial charge in [0.1, 0.15) is 0 Å². The van der Waals surface area contributed by atoms with Gasteiger partial charge in [0.25, 0.3) is 0 Å². The van der Waals surface area contributed by atoms with Gasteiger partial charge in [0.05, 0.1) is 0 Å². The van der Waals surface area contributed by atoms with E-state index in [1.54, 1.807) is 0 Å². The van der Waals surface area contributed by atoms with Crippen molar-refractivity contribution in [2.75, 3.05) is 24.5 Å². The van der Waals surface area contributed by atoms with E-state index in [2.05, 4.69) is 41.4 Å². The summed E-state index contributed by atoms with van der Waals surface area (Å²) < 4.78 is 0. The quantitative estimate of drug-likeness (QED) is 0.855. The van der Waals surface area contributed by atoms with Crippen molar-refractivity contribution in [3.05, 3.63) is 29.8 Å². The predicted molar refractivity (Wildman–Crippen MR) is 72.5 cm³/mol. The molecule has 1 heterocycles. The van der Waals surface area contributed by atoms with E-state index in [4.69, 9.17) is 0 Å². The number of nitrogens with one attached hydrogen (secondary N) is 1. The van der Waals surface area contributed by atoms with E-state index in [1.165, 1.54) is 50.1 Å². The van der Waals surface area contributed by atoms with Gasteiger partial charge < -0.3 is 10.2 Å². The minimum Gasteiger partial charge on any atom is -0.371 e. The molecule has 2 nitrogen and oxygen atoms in total. The third-order valence-electron chi connectivity index (χ3n) is 4.01. The van der Waals surface area contributed by atoms with E-state index < -0.39 is 0 Å². The van der Waals surface area contributed by atoms with Gasteiger partial charge in [-0.3, -0.25) is 0 Å². The van der Waals surface area contributed by atoms with Crippen molar-refractivity contribution in [2.45, 2.75) is 32.2 Å². The third-order valence-corrected chi connectivity index (χ3v) is 4.01. The molecule has 0 radical (unpaired) electrons. The summed E-state index contributed by atoms with van der Waals surface area (Å²) in [5.41, 5.74) is 2.84. The predicted octanol–water partition coefficient (Wildman–Crippen LogP) is 2.57. The lowest BCUT2D eigenvalue weighted by atomic mass is 10.1. The molecule has 2 heteroatoms. The van der Waals surface area contributed by atoms with Crippen molar-refractivity contribution in [2.24, 2.45) is 5.92 Å². The topological polar surface area (TPSA) is 15.3 Å². The Morgan fingerprint density at radius 2 is 2.06 bits per heavy atom. The zero-order valence-electron chi connectivity index (χ0n) is 10.7. The molecule has 1 aliphatic heterocycles. The zero-order valence-corrected chi connectivity index (χ0v) is 10.7. The molecule has 2 fully saturated rings. The lowest BCUT2D eigenvalue weighted by Gasteiger charge is -2.21. The van der Waals surface area contributed by atoms with Crippen LogP contribution in [-0.4, -0.2) is 25.7 Å². The van der Waals surface area contributed by atoms with Crippen LogP contribution in [-0.2, 0) is 0 Å². The summed E-state index contributed by atoms with van der Waals surface area (Å²) >= 11 is 0. The van der Waals surface area contributed by atoms with Crippen molar-refractivity contribution < 1.29 is 0 Å². The van der Waals surface area contributed by atoms with Gasteiger partial charge in [0.15, 0.2) is 0 Å². The van der Waals surface area contributed by atoms with Gasteiger partial charge in [-0.2, -0.15) is 0 Å². The Hall–Kier alpha value is -1.02. The number of para-hydroxylation sites is 1. The molecule has 1 N–H and O–H groups in total. The molecule has 1 aliphatic carbocycles. The van der Waals surface area contributed by atoms with Gasteiger partial charge in [0.2, 0.25) is 0 Å². The molecule has 92 valence electrons. The highest BCUT2D eigenvalue weighted by molar-refractivity contribution is 5.53. The van der Waals surface area contributed by atoms with Crippen LogP contribution < -0.4 is 10.2 Å². The number of anilines is 1. The molecule has 0 aromatic heterocycles. The SMILES string of the molecule is Cc1ccccc1N1CCC(CNC2CC2)C1. The molecule has 1 atom stereocenters. The lowest BCUT2D eigenvalue weighted by Crippen LogP contribution is -2.27. The number of aryl methyl sites for hydroxylation is 1. The summed E-state index contributed by atoms with van der Waals surface area (Å²) in [6, 6.07) is 9.60. The zero-order chi connectivity index (χ0) is 11.7. The summed E-state index contributed by atoms with van der Waals surface area (Å²) in [5, 5.41) is 3.66. The largest absolute Gasteiger partial charge is 0.371 e. The van der Waals surface area contributed by atoms with Crippen LogP contribution in [0.25, 0.3) is 0 Å². The summed E-state index contributed by atoms with van der Waals surface area (Å²) in [5.74, 6) is 0.843. The van der Waals surface area contributed by atoms with E-state index in [0.29, 0.717) is 0 Å². The molecule has 1 aromatic carbocycles. The highest BCUT2D eigenvalue weighted by Crippen LogP contribution is 2.27. The van der Waals surface area contributed by atoms with Gasteiger partial charge in [0, 0.05) is 24.8 Å². The number of benzene rings is 1. The second kappa shape index (κ2) is 4.69. The van der Waals surface area contributed by atoms with Gasteiger partial charge in [-0.05, 0) is 50.3 Å². The monoisotopic (exact) mass is 230 g/mol. The molecule has 1 saturated carbocycles. The summed E-state index contributed by atoms with van der Waals surface area (Å²) in [6.07, 6.45) is 4.14. The fourth-order valence-corrected chi connectivity index (χ4v) is 2.76. The summed E-state index contributed by atoms with van der Waals surface area (Å²) in [7, 11) is 0. The first-order valence-corrected chi connectivity index (χ1v) is 6.87. The molecule has 3 rings (SSSR count). The van der Waals surface area contributed by atoms with E-state index in [0.717, 1.165) is 12.0 Å². The molecule has 0 spiro atoms. The molecular formula is C15H22N2. The normalized spacial score (nSPS) is 24.3. The second-order valence-electron chi connectivity index (χ2n) is 5.57. The van der Waals surface area contributed by atoms with Crippen LogP contribution in [0.5, 0.6) is 0 Å². The highest BCUT2D eigenvalue weighted by atomic mass is 15.2. The smallest absolute Gasteiger partial charge is 0.0396 e. The summed E-state index contributed by atoms with van der Waals surface area (Å²) in [6.45, 7) is 5.88. The molecule has 17 heavy (non-hydrogen) atoms. The maximum Gasteiger partial charge on any atom is 0.0396 e. The third kappa shape index (κ3) is 2.63. The second-order valence-corrected chi connectivity index (χ2v) is 5.57. The van der Waals surface area contributed by atoms with Gasteiger partial charge in [-0.25, -0.2) is 0 Å². The van der Waals surface area contributed by atoms with Gasteiger partial charge in [-0.1, -0.05) is 18.2 Å². The lowest BCUT2D eigenvalue weighted by molar-refractivity contribution is 0.515. The Kier molecular flexibility index (Phi) is 3.06. The van der Waals surface area contributed by atoms with E-state index in [9.17, 15) is 0 Å². The van der Waals surface area contributed by atoms with Gasteiger partial charge >= 0.3 is 0 Å². The van der Waals surface area contributed by atoms with Gasteiger partial charge in [-0.15, -0.1) is 0 Å². The average molecular weight is 230 g/mol. The first-order chi connectivity index (χ1) is 8.33. The maximum atomic E-state index is 3.66. The van der Waals surface area contributed by atoms with Crippen LogP contribution in [0, 0.1) is 12.8 Å². The van der Waals surface area contributed by atoms with Crippen molar-refractivity contribution in [1.82, 2.24) is 5.32 Å². The van der Waals surface area contributed by atoms with Crippen LogP contribution in [0.2, 0.25) is 0 Å². The van der Waals surface area contributed by atoms with Crippen LogP contribution in [0.1, 0.15) is 24.8 Å². The minimum atomic E-state index is 0.843. The Bertz CT molecular complexity index is 384. The fraction of sp³-hybridized carbons (Fsp3) is 0.600. The number of hydrogen-bond donors (Lipinski definition) is 1. The average Bonchev–Trinajstić information content (AvgIpc) is 3.06. The fourth-order valence-electron chi connectivity index (χ4n) is 2.76. The molecular weight excluding hydrogens is 208 g/mol. The first kappa shape index (κ1) is 11.1. The number of hydrogen-bond acceptors (Lipinski definition) is 2. The van der Waals surface area contributed by atoms with Crippen molar-refractivity contribution >= 4 is 5.69 Å². The minimum absolute atomic E-state index is 0.843. The molecule has 0 amide bonds. The molecule has 1 saturated heterocycles. The number of nitrogens with zero attached hydrogens (tertiary/aromatic N) is 1. The van der Waals surface area contributed by atoms with Crippen LogP contribution in [0.15, 0.2) is 24.3 Å². The van der Waals surface area contributed by atoms with Crippen molar-refractivity contribution in [3.63, 3.8) is 0 Å². The van der Waals surface area contributed by atoms with Crippen molar-refractivity contribution in [1.29, 1.82) is 0 Å². The standard InChI is InChI=1S/C15H22N2/c1-12-4-2-3-5-15(12)17-9-8-13(11-17)10-16-14-6-7-14/h2-5,13-14,16H,6-11H2,1H3. The van der Waals surface area contributed by atoms with E-state index >= 15 is 0 Å². The Morgan fingerprint density at radius 1 is 1.24 bits per heavy atom. The van der Waals surface area contributed by atoms with E-state index in [-0.39, 0.29) is 0 Å². The maximum absolute atomic E-state index is 3.66. The Labute approximate surface area is 104 Å². The Morgan fingerprint density at radius 3 is 2.82 bits per heavy atom. The van der Waals surface area contributed by atoms with Crippen LogP contribution in [0.4, 0.5) is 5.69 Å². The summed E-state index contributed by atoms with van der Waals surface area (Å²) in [4.78, 5) is 2.55. The van der Waals surface area contributed by atoms with Crippen LogP contribution in [0.3, 0.4) is 0 Å². The molecule has 1 aromatic rings. The first-order valence-electron chi connectivity index (χ1n) is 6.87. The molecule has 1 unspecified atom stereocenters. The molecule has 2 aliphatic rings. The molecule has 0 bridgehead atoms. The van der Waals surface area contributed by atoms with Crippen LogP contribution >= 0.6 is 0 Å². The van der Waals surface area contributed by atoms with E-state index in [1.807, 2.05) is 0 Å². The highest BCUT2D eigenvalue weighted by Gasteiger charge is 2.26. The number of rotatable bonds is 4. The van der Waals surface area contributed by atoms with Crippen molar-refractivity contribution in [3.8, 4) is 0 Å². The Balaban J connectivity index is 1.57.